The zero-order chi connectivity index (χ0) is 12.2. The molecule has 0 heterocycles. The second-order valence-electron chi connectivity index (χ2n) is 3.66. The van der Waals surface area contributed by atoms with Crippen molar-refractivity contribution in [3.8, 4) is 0 Å². The van der Waals surface area contributed by atoms with Gasteiger partial charge < -0.3 is 0 Å². The summed E-state index contributed by atoms with van der Waals surface area (Å²) in [5, 5.41) is 0.471. The van der Waals surface area contributed by atoms with Gasteiger partial charge >= 0.3 is 0 Å². The first-order valence-corrected chi connectivity index (χ1v) is 7.09. The average Bonchev–Trinajstić information content (AvgIpc) is 2.22. The molecule has 0 unspecified atom stereocenters. The molecule has 1 N–H and O–H groups in total. The number of hydrogen-bond donors (Lipinski definition) is 1. The number of aryl methyl sites for hydroxylation is 1. The minimum atomic E-state index is -3.41. The van der Waals surface area contributed by atoms with Gasteiger partial charge in [0.15, 0.2) is 0 Å². The molecule has 5 heteroatoms. The maximum absolute atomic E-state index is 11.8. The topological polar surface area (TPSA) is 46.2 Å². The fourth-order valence-corrected chi connectivity index (χ4v) is 2.55. The van der Waals surface area contributed by atoms with Crippen molar-refractivity contribution in [1.29, 1.82) is 0 Å². The van der Waals surface area contributed by atoms with Gasteiger partial charge in [0.25, 0.3) is 0 Å². The van der Waals surface area contributed by atoms with E-state index in [9.17, 15) is 8.42 Å². The van der Waals surface area contributed by atoms with Crippen LogP contribution in [0, 0.1) is 6.92 Å². The van der Waals surface area contributed by atoms with Crippen LogP contribution in [0.2, 0.25) is 5.02 Å². The maximum atomic E-state index is 11.8. The van der Waals surface area contributed by atoms with Crippen molar-refractivity contribution < 1.29 is 8.42 Å². The van der Waals surface area contributed by atoms with Gasteiger partial charge in [-0.2, -0.15) is 0 Å². The van der Waals surface area contributed by atoms with Gasteiger partial charge in [-0.25, -0.2) is 13.1 Å². The third kappa shape index (κ3) is 3.47. The molecular formula is C11H16ClNO2S. The van der Waals surface area contributed by atoms with Crippen LogP contribution in [0.15, 0.2) is 23.1 Å². The lowest BCUT2D eigenvalue weighted by Crippen LogP contribution is -2.24. The zero-order valence-electron chi connectivity index (χ0n) is 9.46. The summed E-state index contributed by atoms with van der Waals surface area (Å²) in [7, 11) is -3.41. The molecule has 1 aromatic carbocycles. The van der Waals surface area contributed by atoms with Crippen LogP contribution < -0.4 is 4.72 Å². The van der Waals surface area contributed by atoms with Gasteiger partial charge in [-0.05, 0) is 31.0 Å². The summed E-state index contributed by atoms with van der Waals surface area (Å²) >= 11 is 5.89. The highest BCUT2D eigenvalue weighted by Crippen LogP contribution is 2.19. The van der Waals surface area contributed by atoms with Crippen molar-refractivity contribution in [3.05, 3.63) is 28.8 Å². The van der Waals surface area contributed by atoms with Crippen LogP contribution >= 0.6 is 11.6 Å². The fourth-order valence-electron chi connectivity index (χ4n) is 1.21. The standard InChI is InChI=1S/C11H16ClNO2S/c1-3-4-7-13-16(14,15)10-6-5-9(2)11(12)8-10/h5-6,8,13H,3-4,7H2,1-2H3. The summed E-state index contributed by atoms with van der Waals surface area (Å²) in [5.74, 6) is 0. The number of hydrogen-bond acceptors (Lipinski definition) is 2. The van der Waals surface area contributed by atoms with Crippen LogP contribution in [-0.2, 0) is 10.0 Å². The van der Waals surface area contributed by atoms with Crippen molar-refractivity contribution in [2.75, 3.05) is 6.54 Å². The van der Waals surface area contributed by atoms with Crippen LogP contribution in [0.4, 0.5) is 0 Å². The lowest BCUT2D eigenvalue weighted by atomic mass is 10.2. The van der Waals surface area contributed by atoms with E-state index < -0.39 is 10.0 Å². The Kier molecular flexibility index (Phi) is 4.77. The van der Waals surface area contributed by atoms with Crippen LogP contribution in [-0.4, -0.2) is 15.0 Å². The SMILES string of the molecule is CCCCNS(=O)(=O)c1ccc(C)c(Cl)c1. The molecule has 0 saturated heterocycles. The van der Waals surface area contributed by atoms with Gasteiger partial charge in [0.2, 0.25) is 10.0 Å². The van der Waals surface area contributed by atoms with Crippen molar-refractivity contribution >= 4 is 21.6 Å². The van der Waals surface area contributed by atoms with Gasteiger partial charge in [-0.1, -0.05) is 31.0 Å². The Morgan fingerprint density at radius 3 is 2.62 bits per heavy atom. The Morgan fingerprint density at radius 2 is 2.06 bits per heavy atom. The minimum Gasteiger partial charge on any atom is -0.211 e. The Morgan fingerprint density at radius 1 is 1.38 bits per heavy atom. The lowest BCUT2D eigenvalue weighted by Gasteiger charge is -2.07. The molecule has 0 spiro atoms. The maximum Gasteiger partial charge on any atom is 0.240 e. The third-order valence-corrected chi connectivity index (χ3v) is 4.14. The van der Waals surface area contributed by atoms with E-state index in [0.29, 0.717) is 11.6 Å². The number of halogens is 1. The van der Waals surface area contributed by atoms with E-state index in [-0.39, 0.29) is 4.90 Å². The lowest BCUT2D eigenvalue weighted by molar-refractivity contribution is 0.578. The number of nitrogens with one attached hydrogen (secondary N) is 1. The molecule has 16 heavy (non-hydrogen) atoms. The van der Waals surface area contributed by atoms with Gasteiger partial charge in [0.05, 0.1) is 4.90 Å². The van der Waals surface area contributed by atoms with E-state index >= 15 is 0 Å². The van der Waals surface area contributed by atoms with Crippen molar-refractivity contribution in [2.45, 2.75) is 31.6 Å². The van der Waals surface area contributed by atoms with Gasteiger partial charge in [-0.3, -0.25) is 0 Å². The molecule has 0 radical (unpaired) electrons. The van der Waals surface area contributed by atoms with Gasteiger partial charge in [0, 0.05) is 11.6 Å². The predicted molar refractivity (Wildman–Crippen MR) is 66.3 cm³/mol. The van der Waals surface area contributed by atoms with Crippen LogP contribution in [0.25, 0.3) is 0 Å². The van der Waals surface area contributed by atoms with E-state index in [1.54, 1.807) is 12.1 Å². The second kappa shape index (κ2) is 5.66. The highest BCUT2D eigenvalue weighted by molar-refractivity contribution is 7.89. The van der Waals surface area contributed by atoms with Gasteiger partial charge in [-0.15, -0.1) is 0 Å². The fraction of sp³-hybridized carbons (Fsp3) is 0.455. The van der Waals surface area contributed by atoms with E-state index in [1.807, 2.05) is 13.8 Å². The molecule has 0 bridgehead atoms. The van der Waals surface area contributed by atoms with E-state index in [4.69, 9.17) is 11.6 Å². The van der Waals surface area contributed by atoms with Crippen LogP contribution in [0.1, 0.15) is 25.3 Å². The van der Waals surface area contributed by atoms with E-state index in [1.165, 1.54) is 6.07 Å². The van der Waals surface area contributed by atoms with Gasteiger partial charge in [0.1, 0.15) is 0 Å². The molecule has 90 valence electrons. The highest BCUT2D eigenvalue weighted by atomic mass is 35.5. The average molecular weight is 262 g/mol. The molecule has 0 aliphatic carbocycles. The van der Waals surface area contributed by atoms with E-state index in [0.717, 1.165) is 18.4 Å². The number of benzene rings is 1. The van der Waals surface area contributed by atoms with E-state index in [2.05, 4.69) is 4.72 Å². The molecular weight excluding hydrogens is 246 g/mol. The quantitative estimate of drug-likeness (QED) is 0.829. The van der Waals surface area contributed by atoms with Crippen LogP contribution in [0.3, 0.4) is 0 Å². The molecule has 0 atom stereocenters. The molecule has 0 saturated carbocycles. The monoisotopic (exact) mass is 261 g/mol. The summed E-state index contributed by atoms with van der Waals surface area (Å²) in [6.45, 7) is 4.31. The Hall–Kier alpha value is -0.580. The summed E-state index contributed by atoms with van der Waals surface area (Å²) < 4.78 is 26.1. The molecule has 0 amide bonds. The summed E-state index contributed by atoms with van der Waals surface area (Å²) in [6.07, 6.45) is 1.79. The number of sulfonamides is 1. The summed E-state index contributed by atoms with van der Waals surface area (Å²) in [6, 6.07) is 4.75. The Labute approximate surface area is 102 Å². The highest BCUT2D eigenvalue weighted by Gasteiger charge is 2.13. The molecule has 0 fully saturated rings. The molecule has 1 rings (SSSR count). The minimum absolute atomic E-state index is 0.221. The van der Waals surface area contributed by atoms with Crippen molar-refractivity contribution in [1.82, 2.24) is 4.72 Å². The van der Waals surface area contributed by atoms with Crippen molar-refractivity contribution in [2.24, 2.45) is 0 Å². The molecule has 0 aliphatic heterocycles. The molecule has 1 aromatic rings. The zero-order valence-corrected chi connectivity index (χ0v) is 11.0. The number of rotatable bonds is 5. The first-order valence-electron chi connectivity index (χ1n) is 5.23. The van der Waals surface area contributed by atoms with Crippen LogP contribution in [0.5, 0.6) is 0 Å². The third-order valence-electron chi connectivity index (χ3n) is 2.28. The Bertz CT molecular complexity index is 457. The molecule has 3 nitrogen and oxygen atoms in total. The predicted octanol–water partition coefficient (Wildman–Crippen LogP) is 2.73. The number of unbranched alkanes of at least 4 members (excludes halogenated alkanes) is 1. The normalized spacial score (nSPS) is 11.7. The molecule has 0 aromatic heterocycles. The second-order valence-corrected chi connectivity index (χ2v) is 5.84. The van der Waals surface area contributed by atoms with Crippen molar-refractivity contribution in [3.63, 3.8) is 0 Å². The first kappa shape index (κ1) is 13.5. The smallest absolute Gasteiger partial charge is 0.211 e. The molecule has 0 aliphatic rings. The Balaban J connectivity index is 2.86. The largest absolute Gasteiger partial charge is 0.240 e. The summed E-state index contributed by atoms with van der Waals surface area (Å²) in [5.41, 5.74) is 0.870. The first-order chi connectivity index (χ1) is 7.47. The summed E-state index contributed by atoms with van der Waals surface area (Å²) in [4.78, 5) is 0.221.